The Balaban J connectivity index is 1.91. The minimum Gasteiger partial charge on any atom is -0.494 e. The summed E-state index contributed by atoms with van der Waals surface area (Å²) in [6.45, 7) is 9.15. The number of allylic oxidation sites excluding steroid dienone is 1. The van der Waals surface area contributed by atoms with Gasteiger partial charge in [0.2, 0.25) is 5.91 Å². The Labute approximate surface area is 159 Å². The molecular formula is C19H26N4O2S. The third-order valence-corrected chi connectivity index (χ3v) is 4.61. The zero-order valence-corrected chi connectivity index (χ0v) is 16.2. The van der Waals surface area contributed by atoms with Gasteiger partial charge in [0.15, 0.2) is 5.16 Å². The van der Waals surface area contributed by atoms with Crippen LogP contribution in [0.4, 0.5) is 5.69 Å². The monoisotopic (exact) mass is 374 g/mol. The Morgan fingerprint density at radius 2 is 2.08 bits per heavy atom. The van der Waals surface area contributed by atoms with Crippen LogP contribution in [0.2, 0.25) is 0 Å². The summed E-state index contributed by atoms with van der Waals surface area (Å²) >= 11 is 1.38. The van der Waals surface area contributed by atoms with E-state index in [1.807, 2.05) is 41.8 Å². The van der Waals surface area contributed by atoms with E-state index in [4.69, 9.17) is 4.74 Å². The number of anilines is 1. The third kappa shape index (κ3) is 5.91. The van der Waals surface area contributed by atoms with Crippen LogP contribution < -0.4 is 10.1 Å². The number of rotatable bonds is 11. The van der Waals surface area contributed by atoms with Gasteiger partial charge in [0.1, 0.15) is 11.6 Å². The van der Waals surface area contributed by atoms with Gasteiger partial charge in [-0.25, -0.2) is 0 Å². The van der Waals surface area contributed by atoms with Crippen molar-refractivity contribution in [2.24, 2.45) is 0 Å². The number of hydrogen-bond donors (Lipinski definition) is 1. The van der Waals surface area contributed by atoms with Crippen LogP contribution in [0.5, 0.6) is 5.75 Å². The fourth-order valence-corrected chi connectivity index (χ4v) is 3.15. The predicted octanol–water partition coefficient (Wildman–Crippen LogP) is 3.94. The highest BCUT2D eigenvalue weighted by atomic mass is 32.2. The van der Waals surface area contributed by atoms with Crippen molar-refractivity contribution in [2.75, 3.05) is 17.7 Å². The molecule has 0 spiro atoms. The maximum absolute atomic E-state index is 12.2. The van der Waals surface area contributed by atoms with Gasteiger partial charge >= 0.3 is 0 Å². The molecule has 1 aromatic heterocycles. The van der Waals surface area contributed by atoms with Gasteiger partial charge in [0.25, 0.3) is 0 Å². The summed E-state index contributed by atoms with van der Waals surface area (Å²) in [5.74, 6) is 1.93. The smallest absolute Gasteiger partial charge is 0.234 e. The second-order valence-electron chi connectivity index (χ2n) is 5.70. The Hall–Kier alpha value is -2.28. The number of unbranched alkanes of at least 4 members (excludes halogenated alkanes) is 1. The molecule has 0 bridgehead atoms. The molecule has 0 fully saturated rings. The number of ether oxygens (including phenoxy) is 1. The molecule has 0 atom stereocenters. The van der Waals surface area contributed by atoms with Gasteiger partial charge in [-0.1, -0.05) is 31.2 Å². The first-order valence-corrected chi connectivity index (χ1v) is 9.85. The number of hydrogen-bond acceptors (Lipinski definition) is 5. The molecule has 1 aromatic carbocycles. The standard InChI is InChI=1S/C19H26N4O2S/c1-4-7-8-17-21-22-19(23(17)13-5-2)26-14-18(24)20-15-9-11-16(12-10-15)25-6-3/h5,9-12H,2,4,6-8,13-14H2,1,3H3,(H,20,24). The molecular weight excluding hydrogens is 348 g/mol. The van der Waals surface area contributed by atoms with Crippen LogP contribution in [0.1, 0.15) is 32.5 Å². The number of carbonyl (C=O) groups is 1. The van der Waals surface area contributed by atoms with Gasteiger partial charge in [0.05, 0.1) is 12.4 Å². The molecule has 1 amide bonds. The number of amides is 1. The number of aryl methyl sites for hydroxylation is 1. The summed E-state index contributed by atoms with van der Waals surface area (Å²) in [4.78, 5) is 12.2. The molecule has 140 valence electrons. The van der Waals surface area contributed by atoms with Gasteiger partial charge in [0, 0.05) is 18.7 Å². The number of benzene rings is 1. The number of nitrogens with zero attached hydrogens (tertiary/aromatic N) is 3. The lowest BCUT2D eigenvalue weighted by Crippen LogP contribution is -2.14. The van der Waals surface area contributed by atoms with Gasteiger partial charge < -0.3 is 14.6 Å². The van der Waals surface area contributed by atoms with E-state index < -0.39 is 0 Å². The molecule has 1 heterocycles. The number of nitrogens with one attached hydrogen (secondary N) is 1. The predicted molar refractivity (Wildman–Crippen MR) is 106 cm³/mol. The molecule has 0 unspecified atom stereocenters. The zero-order chi connectivity index (χ0) is 18.8. The first-order chi connectivity index (χ1) is 12.7. The quantitative estimate of drug-likeness (QED) is 0.477. The van der Waals surface area contributed by atoms with E-state index in [1.54, 1.807) is 0 Å². The van der Waals surface area contributed by atoms with E-state index in [9.17, 15) is 4.79 Å². The SMILES string of the molecule is C=CCn1c(CCCC)nnc1SCC(=O)Nc1ccc(OCC)cc1. The largest absolute Gasteiger partial charge is 0.494 e. The van der Waals surface area contributed by atoms with Gasteiger partial charge in [-0.15, -0.1) is 16.8 Å². The minimum atomic E-state index is -0.0811. The Morgan fingerprint density at radius 3 is 2.73 bits per heavy atom. The summed E-state index contributed by atoms with van der Waals surface area (Å²) in [6.07, 6.45) is 4.88. The van der Waals surface area contributed by atoms with Crippen molar-refractivity contribution < 1.29 is 9.53 Å². The average Bonchev–Trinajstić information content (AvgIpc) is 3.02. The molecule has 2 aromatic rings. The molecule has 0 aliphatic rings. The second kappa shape index (κ2) is 10.7. The highest BCUT2D eigenvalue weighted by molar-refractivity contribution is 7.99. The first-order valence-electron chi connectivity index (χ1n) is 8.86. The molecule has 26 heavy (non-hydrogen) atoms. The van der Waals surface area contributed by atoms with Crippen LogP contribution in [0.3, 0.4) is 0 Å². The Morgan fingerprint density at radius 1 is 1.31 bits per heavy atom. The molecule has 6 nitrogen and oxygen atoms in total. The van der Waals surface area contributed by atoms with E-state index in [0.717, 1.165) is 41.7 Å². The number of aromatic nitrogens is 3. The summed E-state index contributed by atoms with van der Waals surface area (Å²) in [5, 5.41) is 12.1. The van der Waals surface area contributed by atoms with E-state index in [0.29, 0.717) is 13.2 Å². The van der Waals surface area contributed by atoms with E-state index in [-0.39, 0.29) is 11.7 Å². The molecule has 2 rings (SSSR count). The summed E-state index contributed by atoms with van der Waals surface area (Å²) in [5.41, 5.74) is 0.746. The van der Waals surface area contributed by atoms with Gasteiger partial charge in [-0.05, 0) is 37.6 Å². The summed E-state index contributed by atoms with van der Waals surface area (Å²) in [6, 6.07) is 7.34. The maximum Gasteiger partial charge on any atom is 0.234 e. The second-order valence-corrected chi connectivity index (χ2v) is 6.64. The summed E-state index contributed by atoms with van der Waals surface area (Å²) in [7, 11) is 0. The highest BCUT2D eigenvalue weighted by Gasteiger charge is 2.13. The molecule has 1 N–H and O–H groups in total. The van der Waals surface area contributed by atoms with Crippen LogP contribution >= 0.6 is 11.8 Å². The Kier molecular flexibility index (Phi) is 8.21. The summed E-state index contributed by atoms with van der Waals surface area (Å²) < 4.78 is 7.42. The van der Waals surface area contributed by atoms with Crippen LogP contribution in [-0.4, -0.2) is 33.0 Å². The van der Waals surface area contributed by atoms with E-state index >= 15 is 0 Å². The lowest BCUT2D eigenvalue weighted by atomic mass is 10.2. The van der Waals surface area contributed by atoms with Crippen molar-refractivity contribution in [2.45, 2.75) is 44.8 Å². The molecule has 7 heteroatoms. The fraction of sp³-hybridized carbons (Fsp3) is 0.421. The van der Waals surface area contributed by atoms with Crippen LogP contribution in [0.15, 0.2) is 42.1 Å². The fourth-order valence-electron chi connectivity index (χ4n) is 2.39. The lowest BCUT2D eigenvalue weighted by Gasteiger charge is -2.08. The van der Waals surface area contributed by atoms with Crippen molar-refractivity contribution in [3.8, 4) is 5.75 Å². The first kappa shape index (κ1) is 20.0. The molecule has 0 saturated heterocycles. The minimum absolute atomic E-state index is 0.0811. The van der Waals surface area contributed by atoms with Crippen LogP contribution in [-0.2, 0) is 17.8 Å². The molecule has 0 saturated carbocycles. The van der Waals surface area contributed by atoms with Crippen LogP contribution in [0.25, 0.3) is 0 Å². The molecule has 0 aliphatic heterocycles. The van der Waals surface area contributed by atoms with Gasteiger partial charge in [-0.2, -0.15) is 0 Å². The lowest BCUT2D eigenvalue weighted by molar-refractivity contribution is -0.113. The molecule has 0 radical (unpaired) electrons. The van der Waals surface area contributed by atoms with Crippen LogP contribution in [0, 0.1) is 0 Å². The average molecular weight is 375 g/mol. The van der Waals surface area contributed by atoms with Crippen molar-refractivity contribution in [3.63, 3.8) is 0 Å². The van der Waals surface area contributed by atoms with Crippen molar-refractivity contribution in [1.82, 2.24) is 14.8 Å². The normalized spacial score (nSPS) is 10.5. The Bertz CT molecular complexity index is 713. The van der Waals surface area contributed by atoms with Crippen molar-refractivity contribution >= 4 is 23.4 Å². The highest BCUT2D eigenvalue weighted by Crippen LogP contribution is 2.20. The van der Waals surface area contributed by atoms with E-state index in [2.05, 4.69) is 29.0 Å². The van der Waals surface area contributed by atoms with Gasteiger partial charge in [-0.3, -0.25) is 4.79 Å². The number of thioether (sulfide) groups is 1. The zero-order valence-electron chi connectivity index (χ0n) is 15.4. The number of carbonyl (C=O) groups excluding carboxylic acids is 1. The van der Waals surface area contributed by atoms with Crippen molar-refractivity contribution in [1.29, 1.82) is 0 Å². The van der Waals surface area contributed by atoms with E-state index in [1.165, 1.54) is 11.8 Å². The topological polar surface area (TPSA) is 69.0 Å². The maximum atomic E-state index is 12.2. The van der Waals surface area contributed by atoms with Crippen molar-refractivity contribution in [3.05, 3.63) is 42.7 Å². The third-order valence-electron chi connectivity index (χ3n) is 3.64. The molecule has 0 aliphatic carbocycles.